The lowest BCUT2D eigenvalue weighted by molar-refractivity contribution is -0.141. The zero-order chi connectivity index (χ0) is 19.3. The van der Waals surface area contributed by atoms with Crippen molar-refractivity contribution >= 4 is 17.5 Å². The minimum absolute atomic E-state index is 0.0985. The summed E-state index contributed by atoms with van der Waals surface area (Å²) in [6.45, 7) is 6.21. The third-order valence-electron chi connectivity index (χ3n) is 4.86. The van der Waals surface area contributed by atoms with Gasteiger partial charge < -0.3 is 14.7 Å². The lowest BCUT2D eigenvalue weighted by atomic mass is 9.96. The summed E-state index contributed by atoms with van der Waals surface area (Å²) in [4.78, 5) is 42.6. The first-order valence-electron chi connectivity index (χ1n) is 9.18. The van der Waals surface area contributed by atoms with E-state index in [0.717, 1.165) is 12.8 Å². The van der Waals surface area contributed by atoms with Crippen LogP contribution in [0.2, 0.25) is 0 Å². The van der Waals surface area contributed by atoms with Crippen molar-refractivity contribution in [3.63, 3.8) is 0 Å². The molecule has 26 heavy (non-hydrogen) atoms. The minimum atomic E-state index is -0.308. The highest BCUT2D eigenvalue weighted by Crippen LogP contribution is 2.19. The Labute approximate surface area is 154 Å². The smallest absolute Gasteiger partial charge is 0.269 e. The van der Waals surface area contributed by atoms with E-state index in [-0.39, 0.29) is 29.8 Å². The molecule has 8 nitrogen and oxygen atoms in total. The highest BCUT2D eigenvalue weighted by Gasteiger charge is 2.30. The van der Waals surface area contributed by atoms with Gasteiger partial charge in [0, 0.05) is 46.3 Å². The number of likely N-dealkylation sites (tertiary alicyclic amines) is 1. The predicted octanol–water partition coefficient (Wildman–Crippen LogP) is 0.416. The molecule has 0 aliphatic carbocycles. The van der Waals surface area contributed by atoms with E-state index in [1.807, 2.05) is 32.8 Å². The number of amides is 2. The Hall–Kier alpha value is -2.38. The molecule has 1 atom stereocenters. The number of hydrogen-bond donors (Lipinski definition) is 0. The van der Waals surface area contributed by atoms with Gasteiger partial charge in [0.2, 0.25) is 11.8 Å². The maximum Gasteiger partial charge on any atom is 0.269 e. The van der Waals surface area contributed by atoms with Crippen molar-refractivity contribution in [2.75, 3.05) is 45.2 Å². The van der Waals surface area contributed by atoms with Crippen molar-refractivity contribution in [2.24, 2.45) is 5.92 Å². The highest BCUT2D eigenvalue weighted by molar-refractivity contribution is 5.81. The first kappa shape index (κ1) is 19.9. The van der Waals surface area contributed by atoms with Gasteiger partial charge in [0.1, 0.15) is 6.54 Å². The van der Waals surface area contributed by atoms with Crippen LogP contribution in [0.25, 0.3) is 0 Å². The Kier molecular flexibility index (Phi) is 6.76. The van der Waals surface area contributed by atoms with E-state index in [4.69, 9.17) is 0 Å². The third kappa shape index (κ3) is 4.62. The van der Waals surface area contributed by atoms with Crippen LogP contribution in [-0.2, 0) is 16.1 Å². The molecule has 2 rings (SSSR count). The molecule has 0 saturated carbocycles. The van der Waals surface area contributed by atoms with Crippen molar-refractivity contribution in [2.45, 2.75) is 33.2 Å². The van der Waals surface area contributed by atoms with Crippen LogP contribution in [0.3, 0.4) is 0 Å². The van der Waals surface area contributed by atoms with Gasteiger partial charge in [-0.15, -0.1) is 0 Å². The fourth-order valence-electron chi connectivity index (χ4n) is 3.21. The second-order valence-corrected chi connectivity index (χ2v) is 6.79. The van der Waals surface area contributed by atoms with Crippen LogP contribution in [-0.4, -0.2) is 71.7 Å². The number of rotatable bonds is 6. The molecule has 144 valence electrons. The van der Waals surface area contributed by atoms with Crippen LogP contribution < -0.4 is 10.5 Å². The summed E-state index contributed by atoms with van der Waals surface area (Å²) in [6, 6.07) is 1.46. The number of anilines is 1. The number of aromatic nitrogens is 2. The summed E-state index contributed by atoms with van der Waals surface area (Å²) in [6.07, 6.45) is 3.16. The van der Waals surface area contributed by atoms with E-state index in [1.54, 1.807) is 16.0 Å². The minimum Gasteiger partial charge on any atom is -0.376 e. The summed E-state index contributed by atoms with van der Waals surface area (Å²) in [5.41, 5.74) is 0.388. The molecule has 8 heteroatoms. The number of piperidine rings is 1. The standard InChI is InChI=1S/C18H29N5O3/c1-5-21(6-2)18(26)14-8-7-9-22(12-14)17(25)13-23-16(24)10-15(11-19-23)20(3)4/h10-11,14H,5-9,12-13H2,1-4H3/t14-/m0/s1. The molecule has 0 radical (unpaired) electrons. The summed E-state index contributed by atoms with van der Waals surface area (Å²) < 4.78 is 1.17. The molecule has 2 amide bonds. The van der Waals surface area contributed by atoms with Gasteiger partial charge in [-0.25, -0.2) is 4.68 Å². The monoisotopic (exact) mass is 363 g/mol. The lowest BCUT2D eigenvalue weighted by Gasteiger charge is -2.34. The molecule has 0 bridgehead atoms. The molecular weight excluding hydrogens is 334 g/mol. The van der Waals surface area contributed by atoms with Crippen LogP contribution in [0.1, 0.15) is 26.7 Å². The number of carbonyl (C=O) groups excluding carboxylic acids is 2. The van der Waals surface area contributed by atoms with Crippen LogP contribution in [0.4, 0.5) is 5.69 Å². The Morgan fingerprint density at radius 3 is 2.54 bits per heavy atom. The normalized spacial score (nSPS) is 17.1. The van der Waals surface area contributed by atoms with Crippen molar-refractivity contribution < 1.29 is 9.59 Å². The Morgan fingerprint density at radius 2 is 1.96 bits per heavy atom. The molecule has 1 fully saturated rings. The van der Waals surface area contributed by atoms with Gasteiger partial charge >= 0.3 is 0 Å². The quantitative estimate of drug-likeness (QED) is 0.732. The molecule has 1 saturated heterocycles. The lowest BCUT2D eigenvalue weighted by Crippen LogP contribution is -2.48. The SMILES string of the molecule is CCN(CC)C(=O)[C@H]1CCCN(C(=O)Cn2ncc(N(C)C)cc2=O)C1. The fraction of sp³-hybridized carbons (Fsp3) is 0.667. The summed E-state index contributed by atoms with van der Waals surface area (Å²) >= 11 is 0. The van der Waals surface area contributed by atoms with E-state index in [0.29, 0.717) is 31.9 Å². The van der Waals surface area contributed by atoms with E-state index < -0.39 is 0 Å². The molecule has 0 unspecified atom stereocenters. The molecule has 1 aliphatic rings. The van der Waals surface area contributed by atoms with Crippen molar-refractivity contribution in [3.8, 4) is 0 Å². The molecule has 2 heterocycles. The fourth-order valence-corrected chi connectivity index (χ4v) is 3.21. The maximum atomic E-state index is 12.6. The van der Waals surface area contributed by atoms with E-state index >= 15 is 0 Å². The van der Waals surface area contributed by atoms with Crippen LogP contribution in [0.5, 0.6) is 0 Å². The van der Waals surface area contributed by atoms with Gasteiger partial charge in [-0.1, -0.05) is 0 Å². The summed E-state index contributed by atoms with van der Waals surface area (Å²) in [7, 11) is 3.65. The number of carbonyl (C=O) groups is 2. The second kappa shape index (κ2) is 8.82. The largest absolute Gasteiger partial charge is 0.376 e. The van der Waals surface area contributed by atoms with E-state index in [2.05, 4.69) is 5.10 Å². The molecule has 1 aromatic heterocycles. The second-order valence-electron chi connectivity index (χ2n) is 6.79. The summed E-state index contributed by atoms with van der Waals surface area (Å²) in [5.74, 6) is -0.222. The molecule has 0 spiro atoms. The predicted molar refractivity (Wildman–Crippen MR) is 100 cm³/mol. The van der Waals surface area contributed by atoms with Crippen molar-refractivity contribution in [1.29, 1.82) is 0 Å². The van der Waals surface area contributed by atoms with Gasteiger partial charge in [0.05, 0.1) is 17.8 Å². The van der Waals surface area contributed by atoms with Gasteiger partial charge in [-0.05, 0) is 26.7 Å². The van der Waals surface area contributed by atoms with E-state index in [1.165, 1.54) is 10.7 Å². The van der Waals surface area contributed by atoms with Crippen LogP contribution in [0, 0.1) is 5.92 Å². The Morgan fingerprint density at radius 1 is 1.27 bits per heavy atom. The molecule has 0 aromatic carbocycles. The average molecular weight is 363 g/mol. The molecule has 1 aliphatic heterocycles. The highest BCUT2D eigenvalue weighted by atomic mass is 16.2. The summed E-state index contributed by atoms with van der Waals surface area (Å²) in [5, 5.41) is 4.08. The van der Waals surface area contributed by atoms with Gasteiger partial charge in [-0.3, -0.25) is 14.4 Å². The Bertz CT molecular complexity index is 696. The third-order valence-corrected chi connectivity index (χ3v) is 4.86. The van der Waals surface area contributed by atoms with Crippen molar-refractivity contribution in [1.82, 2.24) is 19.6 Å². The first-order valence-corrected chi connectivity index (χ1v) is 9.18. The van der Waals surface area contributed by atoms with Crippen molar-refractivity contribution in [3.05, 3.63) is 22.6 Å². The molecule has 1 aromatic rings. The Balaban J connectivity index is 2.03. The number of hydrogen-bond acceptors (Lipinski definition) is 5. The van der Waals surface area contributed by atoms with Gasteiger partial charge in [0.25, 0.3) is 5.56 Å². The van der Waals surface area contributed by atoms with E-state index in [9.17, 15) is 14.4 Å². The average Bonchev–Trinajstić information content (AvgIpc) is 2.64. The van der Waals surface area contributed by atoms with Crippen LogP contribution >= 0.6 is 0 Å². The molecule has 0 N–H and O–H groups in total. The van der Waals surface area contributed by atoms with Crippen LogP contribution in [0.15, 0.2) is 17.1 Å². The van der Waals surface area contributed by atoms with Gasteiger partial charge in [-0.2, -0.15) is 5.10 Å². The topological polar surface area (TPSA) is 78.8 Å². The zero-order valence-corrected chi connectivity index (χ0v) is 16.1. The zero-order valence-electron chi connectivity index (χ0n) is 16.1. The van der Waals surface area contributed by atoms with Gasteiger partial charge in [0.15, 0.2) is 0 Å². The number of nitrogens with zero attached hydrogens (tertiary/aromatic N) is 5. The first-order chi connectivity index (χ1) is 12.4. The molecular formula is C18H29N5O3. The maximum absolute atomic E-state index is 12.6.